The van der Waals surface area contributed by atoms with Crippen molar-refractivity contribution in [3.63, 3.8) is 0 Å². The number of methoxy groups -OCH3 is 1. The number of fused-ring (bicyclic) bond motifs is 6. The van der Waals surface area contributed by atoms with E-state index in [1.165, 1.54) is 0 Å². The van der Waals surface area contributed by atoms with Gasteiger partial charge < -0.3 is 19.5 Å². The van der Waals surface area contributed by atoms with E-state index in [0.717, 1.165) is 33.4 Å². The van der Waals surface area contributed by atoms with Gasteiger partial charge in [0.15, 0.2) is 5.54 Å². The van der Waals surface area contributed by atoms with Crippen molar-refractivity contribution in [2.24, 2.45) is 0 Å². The Kier molecular flexibility index (Phi) is 3.99. The molecule has 0 saturated heterocycles. The minimum atomic E-state index is -1.16. The summed E-state index contributed by atoms with van der Waals surface area (Å²) in [4.78, 5) is 33.8. The van der Waals surface area contributed by atoms with E-state index in [2.05, 4.69) is 11.1 Å². The molecule has 148 valence electrons. The minimum absolute atomic E-state index is 0.0987. The average molecular weight is 389 g/mol. The maximum Gasteiger partial charge on any atom is 0.264 e. The first-order valence-electron chi connectivity index (χ1n) is 9.89. The smallest absolute Gasteiger partial charge is 0.264 e. The summed E-state index contributed by atoms with van der Waals surface area (Å²) in [5.41, 5.74) is 3.45. The molecule has 1 spiro atoms. The highest BCUT2D eigenvalue weighted by Gasteiger charge is 2.60. The summed E-state index contributed by atoms with van der Waals surface area (Å²) in [6, 6.07) is 15.9. The number of aromatic nitrogens is 1. The lowest BCUT2D eigenvalue weighted by Gasteiger charge is -2.43. The van der Waals surface area contributed by atoms with Gasteiger partial charge in [-0.2, -0.15) is 0 Å². The summed E-state index contributed by atoms with van der Waals surface area (Å²) in [5.74, 6) is -0.204. The minimum Gasteiger partial charge on any atom is -0.383 e. The molecule has 1 aromatic heterocycles. The number of rotatable bonds is 3. The Morgan fingerprint density at radius 2 is 1.93 bits per heavy atom. The number of carbonyl (C=O) groups is 2. The van der Waals surface area contributed by atoms with Gasteiger partial charge in [0.25, 0.3) is 5.91 Å². The molecule has 2 aromatic carbocycles. The Morgan fingerprint density at radius 1 is 1.17 bits per heavy atom. The number of nitrogens with one attached hydrogen (secondary N) is 1. The number of para-hydroxylation sites is 2. The zero-order valence-corrected chi connectivity index (χ0v) is 16.6. The second kappa shape index (κ2) is 6.46. The molecule has 2 aliphatic heterocycles. The van der Waals surface area contributed by atoms with Crippen LogP contribution in [0.5, 0.6) is 0 Å². The highest BCUT2D eigenvalue weighted by Crippen LogP contribution is 2.51. The van der Waals surface area contributed by atoms with Crippen molar-refractivity contribution in [2.75, 3.05) is 31.7 Å². The van der Waals surface area contributed by atoms with Crippen molar-refractivity contribution < 1.29 is 14.3 Å². The van der Waals surface area contributed by atoms with Crippen molar-refractivity contribution in [1.82, 2.24) is 9.88 Å². The van der Waals surface area contributed by atoms with E-state index >= 15 is 0 Å². The van der Waals surface area contributed by atoms with Crippen LogP contribution in [-0.2, 0) is 26.3 Å². The van der Waals surface area contributed by atoms with Gasteiger partial charge in [0.05, 0.1) is 18.0 Å². The van der Waals surface area contributed by atoms with Gasteiger partial charge in [0, 0.05) is 43.6 Å². The maximum absolute atomic E-state index is 14.1. The SMILES string of the molecule is COCCN1C(=O)[C@]2(c3ccccc31)c1[nH]c3ccccc3c1CCN2C(C)=O. The van der Waals surface area contributed by atoms with Gasteiger partial charge in [-0.25, -0.2) is 0 Å². The van der Waals surface area contributed by atoms with E-state index < -0.39 is 5.54 Å². The van der Waals surface area contributed by atoms with E-state index in [1.807, 2.05) is 42.5 Å². The summed E-state index contributed by atoms with van der Waals surface area (Å²) >= 11 is 0. The van der Waals surface area contributed by atoms with E-state index in [1.54, 1.807) is 23.8 Å². The molecule has 3 aromatic rings. The van der Waals surface area contributed by atoms with E-state index in [0.29, 0.717) is 26.1 Å². The second-order valence-electron chi connectivity index (χ2n) is 7.62. The Labute approximate surface area is 169 Å². The average Bonchev–Trinajstić information content (AvgIpc) is 3.22. The molecule has 0 radical (unpaired) electrons. The number of ether oxygens (including phenoxy) is 1. The van der Waals surface area contributed by atoms with Gasteiger partial charge in [0.1, 0.15) is 0 Å². The summed E-state index contributed by atoms with van der Waals surface area (Å²) in [6.07, 6.45) is 0.716. The fourth-order valence-corrected chi connectivity index (χ4v) is 5.03. The molecule has 0 fully saturated rings. The molecule has 0 aliphatic carbocycles. The van der Waals surface area contributed by atoms with E-state index in [9.17, 15) is 9.59 Å². The number of H-pyrrole nitrogens is 1. The van der Waals surface area contributed by atoms with Crippen molar-refractivity contribution in [3.05, 3.63) is 65.4 Å². The number of benzene rings is 2. The van der Waals surface area contributed by atoms with Crippen LogP contribution >= 0.6 is 0 Å². The van der Waals surface area contributed by atoms with Crippen LogP contribution in [-0.4, -0.2) is 48.5 Å². The third-order valence-corrected chi connectivity index (χ3v) is 6.20. The number of hydrogen-bond donors (Lipinski definition) is 1. The fourth-order valence-electron chi connectivity index (χ4n) is 5.03. The molecule has 0 bridgehead atoms. The highest BCUT2D eigenvalue weighted by molar-refractivity contribution is 6.12. The summed E-state index contributed by atoms with van der Waals surface area (Å²) in [7, 11) is 1.63. The Morgan fingerprint density at radius 3 is 2.72 bits per heavy atom. The van der Waals surface area contributed by atoms with Gasteiger partial charge in [-0.3, -0.25) is 9.59 Å². The van der Waals surface area contributed by atoms with Gasteiger partial charge >= 0.3 is 0 Å². The van der Waals surface area contributed by atoms with Crippen LogP contribution in [0.25, 0.3) is 10.9 Å². The number of amides is 2. The first kappa shape index (κ1) is 17.9. The molecule has 1 N–H and O–H groups in total. The second-order valence-corrected chi connectivity index (χ2v) is 7.62. The summed E-state index contributed by atoms with van der Waals surface area (Å²) < 4.78 is 5.25. The number of anilines is 1. The molecule has 2 amide bonds. The number of carbonyl (C=O) groups excluding carboxylic acids is 2. The Balaban J connectivity index is 1.83. The molecule has 0 saturated carbocycles. The molecule has 1 atom stereocenters. The number of nitrogens with zero attached hydrogens (tertiary/aromatic N) is 2. The third-order valence-electron chi connectivity index (χ3n) is 6.20. The molecule has 2 aliphatic rings. The maximum atomic E-state index is 14.1. The standard InChI is InChI=1S/C23H23N3O3/c1-15(27)26-12-11-17-16-7-3-5-9-19(16)24-21(17)23(26)18-8-4-6-10-20(18)25(22(23)28)13-14-29-2/h3-10,24H,11-14H2,1-2H3/t23-/m0/s1. The van der Waals surface area contributed by atoms with E-state index in [-0.39, 0.29) is 11.8 Å². The van der Waals surface area contributed by atoms with Crippen LogP contribution < -0.4 is 4.90 Å². The third kappa shape index (κ3) is 2.26. The molecule has 29 heavy (non-hydrogen) atoms. The van der Waals surface area contributed by atoms with E-state index in [4.69, 9.17) is 4.74 Å². The van der Waals surface area contributed by atoms with Gasteiger partial charge in [-0.05, 0) is 24.1 Å². The lowest BCUT2D eigenvalue weighted by Crippen LogP contribution is -2.59. The molecule has 6 nitrogen and oxygen atoms in total. The normalized spacial score (nSPS) is 20.4. The first-order valence-corrected chi connectivity index (χ1v) is 9.89. The summed E-state index contributed by atoms with van der Waals surface area (Å²) in [5, 5.41) is 1.12. The van der Waals surface area contributed by atoms with Crippen LogP contribution in [0, 0.1) is 0 Å². The monoisotopic (exact) mass is 389 g/mol. The number of hydrogen-bond acceptors (Lipinski definition) is 3. The van der Waals surface area contributed by atoms with Crippen molar-refractivity contribution >= 4 is 28.4 Å². The van der Waals surface area contributed by atoms with Crippen LogP contribution in [0.3, 0.4) is 0 Å². The van der Waals surface area contributed by atoms with Crippen LogP contribution in [0.1, 0.15) is 23.7 Å². The van der Waals surface area contributed by atoms with Gasteiger partial charge in [0.2, 0.25) is 5.91 Å². The van der Waals surface area contributed by atoms with Crippen LogP contribution in [0.2, 0.25) is 0 Å². The molecule has 6 heteroatoms. The molecule has 0 unspecified atom stereocenters. The predicted octanol–water partition coefficient (Wildman–Crippen LogP) is 2.81. The van der Waals surface area contributed by atoms with Crippen LogP contribution in [0.15, 0.2) is 48.5 Å². The molecule has 3 heterocycles. The van der Waals surface area contributed by atoms with Crippen molar-refractivity contribution in [3.8, 4) is 0 Å². The summed E-state index contributed by atoms with van der Waals surface area (Å²) in [6.45, 7) is 2.91. The molecule has 5 rings (SSSR count). The number of aromatic amines is 1. The van der Waals surface area contributed by atoms with Crippen molar-refractivity contribution in [2.45, 2.75) is 18.9 Å². The highest BCUT2D eigenvalue weighted by atomic mass is 16.5. The lowest BCUT2D eigenvalue weighted by molar-refractivity contribution is -0.143. The Hall–Kier alpha value is -3.12. The van der Waals surface area contributed by atoms with Crippen molar-refractivity contribution in [1.29, 1.82) is 0 Å². The topological polar surface area (TPSA) is 65.6 Å². The quantitative estimate of drug-likeness (QED) is 0.749. The van der Waals surface area contributed by atoms with Crippen LogP contribution in [0.4, 0.5) is 5.69 Å². The molecular weight excluding hydrogens is 366 g/mol. The van der Waals surface area contributed by atoms with Gasteiger partial charge in [-0.15, -0.1) is 0 Å². The molecular formula is C23H23N3O3. The van der Waals surface area contributed by atoms with Gasteiger partial charge in [-0.1, -0.05) is 36.4 Å². The first-order chi connectivity index (χ1) is 14.1. The Bertz CT molecular complexity index is 1140. The largest absolute Gasteiger partial charge is 0.383 e. The lowest BCUT2D eigenvalue weighted by atomic mass is 9.80. The zero-order chi connectivity index (χ0) is 20.2. The zero-order valence-electron chi connectivity index (χ0n) is 16.6. The predicted molar refractivity (Wildman–Crippen MR) is 111 cm³/mol. The fraction of sp³-hybridized carbons (Fsp3) is 0.304.